The normalized spacial score (nSPS) is 21.5. The van der Waals surface area contributed by atoms with Gasteiger partial charge in [-0.15, -0.1) is 0 Å². The summed E-state index contributed by atoms with van der Waals surface area (Å²) in [5, 5.41) is 0. The second-order valence-corrected chi connectivity index (χ2v) is 8.54. The first-order valence-electron chi connectivity index (χ1n) is 9.43. The summed E-state index contributed by atoms with van der Waals surface area (Å²) < 4.78 is 7.44. The molecular formula is C21H25N3O3. The second-order valence-electron chi connectivity index (χ2n) is 8.54. The van der Waals surface area contributed by atoms with Crippen LogP contribution in [0.25, 0.3) is 11.1 Å². The number of ether oxygens (including phenoxy) is 1. The Kier molecular flexibility index (Phi) is 4.29. The summed E-state index contributed by atoms with van der Waals surface area (Å²) in [5.41, 5.74) is 2.42. The van der Waals surface area contributed by atoms with E-state index in [-0.39, 0.29) is 23.5 Å². The molecule has 0 N–H and O–H groups in total. The molecule has 0 radical (unpaired) electrons. The van der Waals surface area contributed by atoms with E-state index in [9.17, 15) is 9.59 Å². The van der Waals surface area contributed by atoms with Gasteiger partial charge in [-0.1, -0.05) is 0 Å². The fourth-order valence-corrected chi connectivity index (χ4v) is 4.15. The molecule has 1 unspecified atom stereocenters. The molecule has 0 aliphatic carbocycles. The molecule has 27 heavy (non-hydrogen) atoms. The number of hydrogen-bond donors (Lipinski definition) is 0. The van der Waals surface area contributed by atoms with Gasteiger partial charge in [0.1, 0.15) is 5.60 Å². The van der Waals surface area contributed by atoms with E-state index in [0.29, 0.717) is 19.6 Å². The van der Waals surface area contributed by atoms with Crippen molar-refractivity contribution in [3.8, 4) is 11.1 Å². The van der Waals surface area contributed by atoms with Crippen molar-refractivity contribution in [1.82, 2.24) is 14.5 Å². The predicted octanol–water partition coefficient (Wildman–Crippen LogP) is 3.26. The summed E-state index contributed by atoms with van der Waals surface area (Å²) >= 11 is 0. The predicted molar refractivity (Wildman–Crippen MR) is 103 cm³/mol. The number of amides is 1. The standard InChI is InChI=1S/C21H25N3O3/c1-21(2,3)27-20(26)23-11-14-8-17(13-23)18-9-16(10-19(25)24(18)12-14)15-4-6-22-7-5-15/h4-7,9-10,14,17H,8,11-13H2,1-3H3/t14?,17-/m0/s1. The third-order valence-electron chi connectivity index (χ3n) is 5.22. The maximum absolute atomic E-state index is 12.7. The number of aromatic nitrogens is 2. The molecule has 1 fully saturated rings. The van der Waals surface area contributed by atoms with Crippen LogP contribution in [-0.2, 0) is 11.3 Å². The Hall–Kier alpha value is -2.63. The lowest BCUT2D eigenvalue weighted by atomic mass is 9.82. The van der Waals surface area contributed by atoms with Gasteiger partial charge in [-0.25, -0.2) is 4.79 Å². The summed E-state index contributed by atoms with van der Waals surface area (Å²) in [6, 6.07) is 7.61. The van der Waals surface area contributed by atoms with E-state index >= 15 is 0 Å². The third kappa shape index (κ3) is 3.61. The molecule has 2 aliphatic heterocycles. The van der Waals surface area contributed by atoms with Crippen molar-refractivity contribution >= 4 is 6.09 Å². The first kappa shape index (κ1) is 17.8. The molecule has 1 amide bonds. The molecule has 2 aromatic heterocycles. The van der Waals surface area contributed by atoms with Crippen LogP contribution in [0.1, 0.15) is 38.8 Å². The van der Waals surface area contributed by atoms with Crippen LogP contribution in [0.2, 0.25) is 0 Å². The van der Waals surface area contributed by atoms with E-state index in [1.54, 1.807) is 23.4 Å². The van der Waals surface area contributed by atoms with Crippen molar-refractivity contribution in [3.63, 3.8) is 0 Å². The van der Waals surface area contributed by atoms with Crippen LogP contribution in [0.15, 0.2) is 41.5 Å². The Balaban J connectivity index is 1.65. The smallest absolute Gasteiger partial charge is 0.410 e. The zero-order valence-electron chi connectivity index (χ0n) is 16.0. The Morgan fingerprint density at radius 2 is 1.85 bits per heavy atom. The number of likely N-dealkylation sites (tertiary alicyclic amines) is 1. The minimum absolute atomic E-state index is 0.0275. The summed E-state index contributed by atoms with van der Waals surface area (Å²) in [6.07, 6.45) is 4.19. The summed E-state index contributed by atoms with van der Waals surface area (Å²) in [6.45, 7) is 7.53. The minimum atomic E-state index is -0.507. The summed E-state index contributed by atoms with van der Waals surface area (Å²) in [4.78, 5) is 31.1. The Morgan fingerprint density at radius 1 is 1.11 bits per heavy atom. The van der Waals surface area contributed by atoms with Gasteiger partial charge in [0.25, 0.3) is 5.56 Å². The zero-order valence-corrected chi connectivity index (χ0v) is 16.0. The van der Waals surface area contributed by atoms with E-state index in [1.807, 2.05) is 37.5 Å². The second kappa shape index (κ2) is 6.51. The molecule has 2 bridgehead atoms. The van der Waals surface area contributed by atoms with Crippen molar-refractivity contribution in [3.05, 3.63) is 52.7 Å². The lowest BCUT2D eigenvalue weighted by molar-refractivity contribution is 0.0102. The fraction of sp³-hybridized carbons (Fsp3) is 0.476. The quantitative estimate of drug-likeness (QED) is 0.776. The van der Waals surface area contributed by atoms with Crippen molar-refractivity contribution in [2.24, 2.45) is 5.92 Å². The highest BCUT2D eigenvalue weighted by Crippen LogP contribution is 2.37. The third-order valence-corrected chi connectivity index (χ3v) is 5.22. The van der Waals surface area contributed by atoms with E-state index < -0.39 is 5.60 Å². The number of rotatable bonds is 1. The number of piperidine rings is 1. The van der Waals surface area contributed by atoms with Gasteiger partial charge in [0, 0.05) is 49.7 Å². The average Bonchev–Trinajstić information content (AvgIpc) is 2.61. The largest absolute Gasteiger partial charge is 0.444 e. The topological polar surface area (TPSA) is 64.4 Å². The number of hydrogen-bond acceptors (Lipinski definition) is 4. The summed E-state index contributed by atoms with van der Waals surface area (Å²) in [5.74, 6) is 0.438. The van der Waals surface area contributed by atoms with E-state index in [2.05, 4.69) is 11.1 Å². The van der Waals surface area contributed by atoms with Gasteiger partial charge in [0.2, 0.25) is 0 Å². The molecule has 0 spiro atoms. The van der Waals surface area contributed by atoms with Crippen molar-refractivity contribution in [2.45, 2.75) is 45.3 Å². The number of fused-ring (bicyclic) bond motifs is 4. The average molecular weight is 367 g/mol. The van der Waals surface area contributed by atoms with E-state index in [0.717, 1.165) is 23.2 Å². The zero-order chi connectivity index (χ0) is 19.2. The maximum Gasteiger partial charge on any atom is 0.410 e. The van der Waals surface area contributed by atoms with Gasteiger partial charge in [-0.05, 0) is 62.4 Å². The van der Waals surface area contributed by atoms with Gasteiger partial charge in [0.15, 0.2) is 0 Å². The van der Waals surface area contributed by atoms with Crippen LogP contribution in [0.4, 0.5) is 4.79 Å². The Bertz CT molecular complexity index is 915. The first-order chi connectivity index (χ1) is 12.8. The highest BCUT2D eigenvalue weighted by Gasteiger charge is 2.38. The van der Waals surface area contributed by atoms with E-state index in [1.165, 1.54) is 0 Å². The molecule has 6 nitrogen and oxygen atoms in total. The number of pyridine rings is 2. The lowest BCUT2D eigenvalue weighted by Gasteiger charge is -2.43. The number of carbonyl (C=O) groups is 1. The Labute approximate surface area is 158 Å². The monoisotopic (exact) mass is 367 g/mol. The van der Waals surface area contributed by atoms with Gasteiger partial charge in [-0.2, -0.15) is 0 Å². The molecule has 0 aromatic carbocycles. The molecule has 6 heteroatoms. The van der Waals surface area contributed by atoms with E-state index in [4.69, 9.17) is 4.74 Å². The maximum atomic E-state index is 12.7. The van der Waals surface area contributed by atoms with Crippen LogP contribution in [-0.4, -0.2) is 39.2 Å². The Morgan fingerprint density at radius 3 is 2.56 bits per heavy atom. The van der Waals surface area contributed by atoms with Gasteiger partial charge in [0.05, 0.1) is 0 Å². The number of nitrogens with zero attached hydrogens (tertiary/aromatic N) is 3. The van der Waals surface area contributed by atoms with Crippen LogP contribution in [0.5, 0.6) is 0 Å². The molecule has 2 atom stereocenters. The van der Waals surface area contributed by atoms with Crippen LogP contribution >= 0.6 is 0 Å². The number of carbonyl (C=O) groups excluding carboxylic acids is 1. The fourth-order valence-electron chi connectivity index (χ4n) is 4.15. The first-order valence-corrected chi connectivity index (χ1v) is 9.43. The van der Waals surface area contributed by atoms with Crippen LogP contribution < -0.4 is 5.56 Å². The molecule has 142 valence electrons. The summed E-state index contributed by atoms with van der Waals surface area (Å²) in [7, 11) is 0. The van der Waals surface area contributed by atoms with Crippen LogP contribution in [0, 0.1) is 5.92 Å². The van der Waals surface area contributed by atoms with Gasteiger partial charge >= 0.3 is 6.09 Å². The molecule has 2 aliphatic rings. The highest BCUT2D eigenvalue weighted by atomic mass is 16.6. The minimum Gasteiger partial charge on any atom is -0.444 e. The molecule has 4 rings (SSSR count). The van der Waals surface area contributed by atoms with Crippen molar-refractivity contribution < 1.29 is 9.53 Å². The molecule has 1 saturated heterocycles. The van der Waals surface area contributed by atoms with Crippen LogP contribution in [0.3, 0.4) is 0 Å². The lowest BCUT2D eigenvalue weighted by Crippen LogP contribution is -2.50. The molecule has 0 saturated carbocycles. The molecule has 2 aromatic rings. The van der Waals surface area contributed by atoms with Gasteiger partial charge in [-0.3, -0.25) is 9.78 Å². The molecular weight excluding hydrogens is 342 g/mol. The van der Waals surface area contributed by atoms with Gasteiger partial charge < -0.3 is 14.2 Å². The van der Waals surface area contributed by atoms with Crippen molar-refractivity contribution in [2.75, 3.05) is 13.1 Å². The van der Waals surface area contributed by atoms with Crippen molar-refractivity contribution in [1.29, 1.82) is 0 Å². The SMILES string of the molecule is CC(C)(C)OC(=O)N1CC2C[C@@H](C1)c1cc(-c3ccncc3)cc(=O)n1C2. The highest BCUT2D eigenvalue weighted by molar-refractivity contribution is 5.68. The molecule has 4 heterocycles.